The highest BCUT2D eigenvalue weighted by Gasteiger charge is 2.33. The molecule has 2 aromatic carbocycles. The summed E-state index contributed by atoms with van der Waals surface area (Å²) in [5.74, 6) is -3.57. The highest BCUT2D eigenvalue weighted by Crippen LogP contribution is 2.34. The summed E-state index contributed by atoms with van der Waals surface area (Å²) in [6.45, 7) is 0.183. The molecular formula is C44H41Cl2F7N12O10S4. The summed E-state index contributed by atoms with van der Waals surface area (Å²) in [6.07, 6.45) is -7.81. The molecular weight excluding hydrogens is 1190 g/mol. The molecule has 0 aliphatic heterocycles. The molecule has 0 unspecified atom stereocenters. The summed E-state index contributed by atoms with van der Waals surface area (Å²) in [6, 6.07) is 16.1. The van der Waals surface area contributed by atoms with Crippen LogP contribution in [0.25, 0.3) is 0 Å². The Morgan fingerprint density at radius 3 is 1.54 bits per heavy atom. The number of carbonyl (C=O) groups excluding carboxylic acids is 4. The number of benzene rings is 2. The summed E-state index contributed by atoms with van der Waals surface area (Å²) >= 11 is 13.3. The van der Waals surface area contributed by atoms with Gasteiger partial charge in [0.15, 0.2) is 0 Å². The molecule has 22 nitrogen and oxygen atoms in total. The Bertz CT molecular complexity index is 3430. The van der Waals surface area contributed by atoms with E-state index in [0.717, 1.165) is 46.9 Å². The Hall–Kier alpha value is -7.27. The van der Waals surface area contributed by atoms with Crippen LogP contribution in [0.4, 0.5) is 53.7 Å². The number of hydrogen-bond acceptors (Lipinski definition) is 17. The molecule has 0 spiro atoms. The summed E-state index contributed by atoms with van der Waals surface area (Å²) in [4.78, 5) is 70.5. The van der Waals surface area contributed by atoms with Crippen LogP contribution in [0.3, 0.4) is 0 Å². The predicted molar refractivity (Wildman–Crippen MR) is 276 cm³/mol. The van der Waals surface area contributed by atoms with Crippen LogP contribution in [0.1, 0.15) is 67.3 Å². The topological polar surface area (TPSA) is 328 Å². The minimum Gasteiger partial charge on any atom is -0.398 e. The van der Waals surface area contributed by atoms with Crippen molar-refractivity contribution in [2.45, 2.75) is 59.5 Å². The van der Waals surface area contributed by atoms with Crippen molar-refractivity contribution < 1.29 is 71.7 Å². The monoisotopic (exact) mass is 1230 g/mol. The lowest BCUT2D eigenvalue weighted by molar-refractivity contribution is -0.387. The molecule has 79 heavy (non-hydrogen) atoms. The molecule has 0 bridgehead atoms. The van der Waals surface area contributed by atoms with Crippen LogP contribution in [0.15, 0.2) is 99.7 Å². The summed E-state index contributed by atoms with van der Waals surface area (Å²) in [5.41, 5.74) is 7.48. The number of sulfonamides is 2. The Morgan fingerprint density at radius 1 is 0.658 bits per heavy atom. The van der Waals surface area contributed by atoms with Crippen LogP contribution in [-0.4, -0.2) is 68.4 Å². The van der Waals surface area contributed by atoms with Crippen LogP contribution >= 0.6 is 45.9 Å². The van der Waals surface area contributed by atoms with Crippen LogP contribution < -0.4 is 47.5 Å². The molecule has 0 atom stereocenters. The number of alkyl halides is 6. The fraction of sp³-hybridized carbons (Fsp3) is 0.227. The Kier molecular flexibility index (Phi) is 21.8. The van der Waals surface area contributed by atoms with E-state index in [1.54, 1.807) is 24.3 Å². The largest absolute Gasteiger partial charge is 0.417 e. The number of amides is 4. The standard InChI is InChI=1S/C22H19ClF4N6O6S2.C22H22ClF3N6O4S2/c23-15-9-13(22(25,26)27)10-29-20(15)28-7-1-2-18(34)31-32-41(38,39)19-6-4-14(40-19)11-30-21(35)12-3-5-16(24)17(8-12)33(36)37;23-16-10-13(22(24,25)26)11-29-20(16)28-9-3-6-18(33)31-32-38(35,36)19-8-7-14(37-19)12-30-21(34)15-4-1-2-5-17(15)27/h3-6,8-10,32H,1-2,7,11H2,(H,28,29)(H,30,35)(H,31,34);1-2,4-5,7-8,10-11,32H,3,6,9,12,27H2,(H,28,29)(H,30,34)(H,31,33). The maximum Gasteiger partial charge on any atom is 0.417 e. The molecule has 10 N–H and O–H groups in total. The molecule has 424 valence electrons. The van der Waals surface area contributed by atoms with Crippen molar-refractivity contribution in [3.8, 4) is 0 Å². The molecule has 0 radical (unpaired) electrons. The number of thiophene rings is 2. The van der Waals surface area contributed by atoms with Gasteiger partial charge in [0.05, 0.1) is 44.7 Å². The molecule has 6 aromatic rings. The minimum absolute atomic E-state index is 0.00977. The third-order valence-electron chi connectivity index (χ3n) is 9.99. The molecule has 4 aromatic heterocycles. The van der Waals surface area contributed by atoms with Crippen molar-refractivity contribution in [1.82, 2.24) is 41.1 Å². The average Bonchev–Trinajstić information content (AvgIpc) is 4.09. The second kappa shape index (κ2) is 27.5. The zero-order valence-electron chi connectivity index (χ0n) is 39.9. The lowest BCUT2D eigenvalue weighted by atomic mass is 10.1. The molecule has 35 heteroatoms. The van der Waals surface area contributed by atoms with Gasteiger partial charge in [0, 0.05) is 65.4 Å². The fourth-order valence-corrected chi connectivity index (χ4v) is 10.8. The number of halogens is 9. The number of aromatic nitrogens is 2. The van der Waals surface area contributed by atoms with Gasteiger partial charge in [0.2, 0.25) is 17.6 Å². The smallest absolute Gasteiger partial charge is 0.398 e. The number of nitrogens with zero attached hydrogens (tertiary/aromatic N) is 3. The lowest BCUT2D eigenvalue weighted by Crippen LogP contribution is -2.41. The van der Waals surface area contributed by atoms with E-state index >= 15 is 0 Å². The van der Waals surface area contributed by atoms with Crippen molar-refractivity contribution in [1.29, 1.82) is 0 Å². The molecule has 0 fully saturated rings. The van der Waals surface area contributed by atoms with Gasteiger partial charge in [-0.15, -0.1) is 32.3 Å². The number of rotatable bonds is 23. The van der Waals surface area contributed by atoms with E-state index < -0.39 is 83.6 Å². The van der Waals surface area contributed by atoms with Gasteiger partial charge in [-0.25, -0.2) is 26.8 Å². The maximum absolute atomic E-state index is 13.5. The van der Waals surface area contributed by atoms with Gasteiger partial charge in [0.1, 0.15) is 20.1 Å². The normalized spacial score (nSPS) is 11.7. The number of nitrogens with two attached hydrogens (primary N) is 1. The van der Waals surface area contributed by atoms with E-state index in [-0.39, 0.29) is 87.5 Å². The number of hydrazine groups is 2. The van der Waals surface area contributed by atoms with Crippen molar-refractivity contribution in [2.75, 3.05) is 29.5 Å². The SMILES string of the molecule is Nc1ccccc1C(=O)NCc1ccc(S(=O)(=O)NNC(=O)CCCNc2ncc(C(F)(F)F)cc2Cl)s1.O=C(CCCNc1ncc(C(F)(F)F)cc1Cl)NNS(=O)(=O)c1ccc(CNC(=O)c2ccc(F)c([N+](=O)[O-])c2)s1. The number of hydrogen-bond donors (Lipinski definition) is 9. The number of pyridine rings is 2. The molecule has 0 saturated carbocycles. The maximum atomic E-state index is 13.5. The molecule has 4 heterocycles. The van der Waals surface area contributed by atoms with Crippen LogP contribution in [0.2, 0.25) is 10.0 Å². The van der Waals surface area contributed by atoms with E-state index in [1.807, 2.05) is 15.1 Å². The van der Waals surface area contributed by atoms with Crippen LogP contribution in [-0.2, 0) is 55.1 Å². The predicted octanol–water partition coefficient (Wildman–Crippen LogP) is 7.52. The Morgan fingerprint density at radius 2 is 1.11 bits per heavy atom. The number of carbonyl (C=O) groups is 4. The van der Waals surface area contributed by atoms with Gasteiger partial charge >= 0.3 is 18.0 Å². The van der Waals surface area contributed by atoms with Crippen molar-refractivity contribution in [3.05, 3.63) is 149 Å². The van der Waals surface area contributed by atoms with Crippen LogP contribution in [0, 0.1) is 15.9 Å². The van der Waals surface area contributed by atoms with Crippen molar-refractivity contribution in [3.63, 3.8) is 0 Å². The first-order valence-corrected chi connectivity index (χ1v) is 27.5. The second-order valence-corrected chi connectivity index (χ2v) is 22.8. The third-order valence-corrected chi connectivity index (χ3v) is 16.2. The van der Waals surface area contributed by atoms with E-state index in [2.05, 4.69) is 36.7 Å². The number of nitrogen functional groups attached to an aromatic ring is 1. The van der Waals surface area contributed by atoms with Gasteiger partial charge < -0.3 is 27.0 Å². The summed E-state index contributed by atoms with van der Waals surface area (Å²) < 4.78 is 139. The summed E-state index contributed by atoms with van der Waals surface area (Å²) in [7, 11) is -8.23. The molecule has 0 aliphatic carbocycles. The van der Waals surface area contributed by atoms with Crippen molar-refractivity contribution >= 4 is 113 Å². The van der Waals surface area contributed by atoms with E-state index in [1.165, 1.54) is 24.3 Å². The highest BCUT2D eigenvalue weighted by atomic mass is 35.5. The third kappa shape index (κ3) is 19.0. The number of anilines is 3. The van der Waals surface area contributed by atoms with E-state index in [9.17, 15) is 76.9 Å². The zero-order chi connectivity index (χ0) is 58.3. The lowest BCUT2D eigenvalue weighted by Gasteiger charge is -2.11. The number of nitro groups is 1. The first-order chi connectivity index (χ1) is 37.0. The van der Waals surface area contributed by atoms with Crippen LogP contribution in [0.5, 0.6) is 0 Å². The molecule has 6 rings (SSSR count). The van der Waals surface area contributed by atoms with Gasteiger partial charge in [-0.05, 0) is 73.5 Å². The Labute approximate surface area is 461 Å². The van der Waals surface area contributed by atoms with Gasteiger partial charge in [-0.2, -0.15) is 30.7 Å². The fourth-order valence-electron chi connectivity index (χ4n) is 6.06. The quantitative estimate of drug-likeness (QED) is 0.00984. The van der Waals surface area contributed by atoms with Crippen molar-refractivity contribution in [2.24, 2.45) is 0 Å². The Balaban J connectivity index is 0.000000291. The van der Waals surface area contributed by atoms with Gasteiger partial charge in [0.25, 0.3) is 31.9 Å². The van der Waals surface area contributed by atoms with E-state index in [4.69, 9.17) is 28.9 Å². The number of nitro benzene ring substituents is 1. The second-order valence-electron chi connectivity index (χ2n) is 15.8. The highest BCUT2D eigenvalue weighted by molar-refractivity contribution is 7.91. The van der Waals surface area contributed by atoms with Gasteiger partial charge in [-0.1, -0.05) is 35.3 Å². The molecule has 0 aliphatic rings. The summed E-state index contributed by atoms with van der Waals surface area (Å²) in [5, 5.41) is 20.9. The van der Waals surface area contributed by atoms with E-state index in [0.29, 0.717) is 39.5 Å². The first-order valence-electron chi connectivity index (χ1n) is 22.1. The van der Waals surface area contributed by atoms with Gasteiger partial charge in [-0.3, -0.25) is 40.1 Å². The molecule has 0 saturated heterocycles. The zero-order valence-corrected chi connectivity index (χ0v) is 44.6. The average molecular weight is 1230 g/mol. The molecule has 4 amide bonds. The first kappa shape index (κ1) is 62.6. The minimum atomic E-state index is -4.60. The number of para-hydroxylation sites is 1. The number of nitrogens with one attached hydrogen (secondary N) is 8.